The van der Waals surface area contributed by atoms with Crippen molar-refractivity contribution in [2.75, 3.05) is 0 Å². The Balaban J connectivity index is 1.72. The summed E-state index contributed by atoms with van der Waals surface area (Å²) in [5.74, 6) is 2.16. The Bertz CT molecular complexity index is 1030. The van der Waals surface area contributed by atoms with Gasteiger partial charge < -0.3 is 0 Å². The molecule has 1 aromatic rings. The van der Waals surface area contributed by atoms with Crippen LogP contribution >= 0.6 is 0 Å². The number of hydrogen-bond acceptors (Lipinski definition) is 4. The molecule has 0 radical (unpaired) electrons. The first kappa shape index (κ1) is 35.7. The number of carbonyl (C=O) groups is 2. The molecule has 3 aliphatic rings. The van der Waals surface area contributed by atoms with Crippen LogP contribution in [0.25, 0.3) is 0 Å². The maximum absolute atomic E-state index is 14.7. The number of ether oxygens (including phenoxy) is 2. The van der Waals surface area contributed by atoms with Crippen molar-refractivity contribution in [2.24, 2.45) is 46.8 Å². The van der Waals surface area contributed by atoms with Gasteiger partial charge in [0.05, 0.1) is 0 Å². The average Bonchev–Trinajstić information content (AvgIpc) is 3.75. The van der Waals surface area contributed by atoms with Gasteiger partial charge in [0.2, 0.25) is 0 Å². The van der Waals surface area contributed by atoms with E-state index in [2.05, 4.69) is 92.6 Å². The first-order valence-electron chi connectivity index (χ1n) is 18.1. The van der Waals surface area contributed by atoms with Crippen molar-refractivity contribution in [3.63, 3.8) is 0 Å². The van der Waals surface area contributed by atoms with Gasteiger partial charge in [-0.15, -0.1) is 0 Å². The SMILES string of the molecule is CC[Si](CC)(CC)[C@@H]([Se]c1ccccc1)[C@H]1CC1(C(=O)O[C@@H]1C[C@H](C)CC[C@H]1C(C)C)C(=O)O[C@@H]1C[C@H](C)CC[C@H]1C(C)C. The quantitative estimate of drug-likeness (QED) is 0.118. The summed E-state index contributed by atoms with van der Waals surface area (Å²) in [6, 6.07) is 14.4. The Morgan fingerprint density at radius 3 is 1.66 bits per heavy atom. The van der Waals surface area contributed by atoms with E-state index >= 15 is 0 Å². The molecule has 0 aliphatic heterocycles. The zero-order valence-corrected chi connectivity index (χ0v) is 32.0. The minimum atomic E-state index is -1.79. The van der Waals surface area contributed by atoms with E-state index in [1.807, 2.05) is 0 Å². The fourth-order valence-corrected chi connectivity index (χ4v) is 20.8. The average molecular weight is 690 g/mol. The van der Waals surface area contributed by atoms with Crippen LogP contribution in [0.1, 0.15) is 107 Å². The Morgan fingerprint density at radius 1 is 0.795 bits per heavy atom. The van der Waals surface area contributed by atoms with Crippen LogP contribution in [0.2, 0.25) is 22.6 Å². The Hall–Kier alpha value is -1.10. The van der Waals surface area contributed by atoms with Crippen molar-refractivity contribution in [3.05, 3.63) is 30.3 Å². The second kappa shape index (κ2) is 15.2. The van der Waals surface area contributed by atoms with Crippen molar-refractivity contribution in [3.8, 4) is 0 Å². The Labute approximate surface area is 276 Å². The van der Waals surface area contributed by atoms with E-state index in [9.17, 15) is 9.59 Å². The van der Waals surface area contributed by atoms with E-state index in [4.69, 9.17) is 9.47 Å². The van der Waals surface area contributed by atoms with Gasteiger partial charge in [-0.25, -0.2) is 0 Å². The molecule has 248 valence electrons. The third-order valence-electron chi connectivity index (χ3n) is 12.3. The molecule has 4 rings (SSSR count). The molecule has 0 amide bonds. The van der Waals surface area contributed by atoms with E-state index in [1.54, 1.807) is 0 Å². The third kappa shape index (κ3) is 7.54. The zero-order valence-electron chi connectivity index (χ0n) is 29.3. The molecule has 44 heavy (non-hydrogen) atoms. The van der Waals surface area contributed by atoms with Gasteiger partial charge in [0.25, 0.3) is 0 Å². The molecule has 0 unspecified atom stereocenters. The van der Waals surface area contributed by atoms with Gasteiger partial charge in [0.15, 0.2) is 0 Å². The van der Waals surface area contributed by atoms with Gasteiger partial charge >= 0.3 is 278 Å². The summed E-state index contributed by atoms with van der Waals surface area (Å²) in [6.07, 6.45) is 6.71. The minimum absolute atomic E-state index is 0.0197. The van der Waals surface area contributed by atoms with Gasteiger partial charge in [-0.05, 0) is 0 Å². The summed E-state index contributed by atoms with van der Waals surface area (Å²) in [6.45, 7) is 20.7. The molecule has 0 spiro atoms. The molecule has 0 heterocycles. The summed E-state index contributed by atoms with van der Waals surface area (Å²) >= 11 is 0.183. The predicted octanol–water partition coefficient (Wildman–Crippen LogP) is 8.87. The third-order valence-corrected chi connectivity index (χ3v) is 24.2. The fraction of sp³-hybridized carbons (Fsp3) is 0.789. The van der Waals surface area contributed by atoms with Crippen molar-refractivity contribution in [1.82, 2.24) is 0 Å². The molecular formula is C38H62O4SeSi. The van der Waals surface area contributed by atoms with Crippen LogP contribution in [0, 0.1) is 46.8 Å². The molecule has 4 nitrogen and oxygen atoms in total. The van der Waals surface area contributed by atoms with Crippen LogP contribution in [-0.2, 0) is 19.1 Å². The number of benzene rings is 1. The van der Waals surface area contributed by atoms with Gasteiger partial charge in [0.1, 0.15) is 0 Å². The fourth-order valence-electron chi connectivity index (χ4n) is 8.83. The topological polar surface area (TPSA) is 52.6 Å². The molecule has 0 N–H and O–H groups in total. The zero-order chi connectivity index (χ0) is 32.2. The van der Waals surface area contributed by atoms with Crippen LogP contribution < -0.4 is 4.46 Å². The molecule has 1 aromatic carbocycles. The molecule has 6 heteroatoms. The molecular weight excluding hydrogens is 627 g/mol. The molecule has 0 aromatic heterocycles. The van der Waals surface area contributed by atoms with Crippen LogP contribution in [0.5, 0.6) is 0 Å². The number of hydrogen-bond donors (Lipinski definition) is 0. The summed E-state index contributed by atoms with van der Waals surface area (Å²) in [5.41, 5.74) is -1.15. The Morgan fingerprint density at radius 2 is 1.25 bits per heavy atom. The van der Waals surface area contributed by atoms with Crippen molar-refractivity contribution < 1.29 is 19.1 Å². The normalized spacial score (nSPS) is 31.0. The van der Waals surface area contributed by atoms with Crippen molar-refractivity contribution in [2.45, 2.75) is 142 Å². The first-order valence-corrected chi connectivity index (χ1v) is 22.6. The van der Waals surface area contributed by atoms with Crippen LogP contribution in [0.3, 0.4) is 0 Å². The van der Waals surface area contributed by atoms with Crippen LogP contribution in [-0.4, -0.2) is 47.2 Å². The van der Waals surface area contributed by atoms with E-state index < -0.39 is 13.5 Å². The molecule has 3 saturated carbocycles. The summed E-state index contributed by atoms with van der Waals surface area (Å²) < 4.78 is 15.0. The van der Waals surface area contributed by atoms with Gasteiger partial charge in [-0.2, -0.15) is 0 Å². The predicted molar refractivity (Wildman–Crippen MR) is 186 cm³/mol. The van der Waals surface area contributed by atoms with E-state index in [-0.39, 0.29) is 45.0 Å². The van der Waals surface area contributed by atoms with Crippen LogP contribution in [0.15, 0.2) is 30.3 Å². The standard InChI is InChI=1S/C38H62O4SeSi/c1-10-44(11-2,12-3)35(43-29-16-14-13-15-17-29)32-24-38(32,36(39)41-33-22-27(8)18-20-30(33)25(4)5)37(40)42-34-23-28(9)19-21-31(34)26(6)7/h13-17,25-28,30-35H,10-12,18-24H2,1-9H3/t27-,28-,30+,31+,32-,33-,34-,35-/m1/s1. The summed E-state index contributed by atoms with van der Waals surface area (Å²) in [7, 11) is -1.79. The van der Waals surface area contributed by atoms with E-state index in [0.717, 1.165) is 25.7 Å². The first-order chi connectivity index (χ1) is 20.9. The van der Waals surface area contributed by atoms with Crippen molar-refractivity contribution in [1.29, 1.82) is 0 Å². The second-order valence-corrected chi connectivity index (χ2v) is 24.5. The molecule has 8 atom stereocenters. The van der Waals surface area contributed by atoms with Crippen LogP contribution in [0.4, 0.5) is 0 Å². The van der Waals surface area contributed by atoms with Crippen molar-refractivity contribution >= 4 is 39.4 Å². The maximum atomic E-state index is 14.7. The van der Waals surface area contributed by atoms with Gasteiger partial charge in [0, 0.05) is 0 Å². The van der Waals surface area contributed by atoms with Gasteiger partial charge in [-0.3, -0.25) is 0 Å². The molecule has 3 fully saturated rings. The monoisotopic (exact) mass is 690 g/mol. The Kier molecular flexibility index (Phi) is 12.3. The molecule has 3 aliphatic carbocycles. The molecule has 0 bridgehead atoms. The van der Waals surface area contributed by atoms with Gasteiger partial charge in [-0.1, -0.05) is 0 Å². The van der Waals surface area contributed by atoms with E-state index in [0.29, 0.717) is 46.4 Å². The van der Waals surface area contributed by atoms with E-state index in [1.165, 1.54) is 35.4 Å². The summed E-state index contributed by atoms with van der Waals surface area (Å²) in [4.78, 5) is 29.4. The number of rotatable bonds is 13. The number of carbonyl (C=O) groups excluding carboxylic acids is 2. The molecule has 0 saturated heterocycles. The summed E-state index contributed by atoms with van der Waals surface area (Å²) in [5, 5.41) is 0. The number of esters is 2. The second-order valence-electron chi connectivity index (χ2n) is 15.6.